The Labute approximate surface area is 328 Å². The molecule has 9 heteroatoms. The van der Waals surface area contributed by atoms with Gasteiger partial charge in [0.1, 0.15) is 23.1 Å². The fraction of sp³-hybridized carbons (Fsp3) is 0.289. The Morgan fingerprint density at radius 2 is 1.11 bits per heavy atom. The molecule has 0 radical (unpaired) electrons. The van der Waals surface area contributed by atoms with E-state index in [1.807, 2.05) is 24.3 Å². The van der Waals surface area contributed by atoms with Crippen molar-refractivity contribution < 1.29 is 32.2 Å². The SMILES string of the molecule is CCCCC1(C)c2ccc(Br)cc2-c2c1cc(O)c1c(F)cc(F)cc21.CCCCC1(C)c2ccc(Br)cc2-c2c1cc(O)c1cc(C(F)(F)F)ccc21. The van der Waals surface area contributed by atoms with Gasteiger partial charge in [-0.1, -0.05) is 103 Å². The van der Waals surface area contributed by atoms with E-state index < -0.39 is 23.4 Å². The molecule has 0 aliphatic heterocycles. The number of aromatic hydroxyl groups is 2. The monoisotopic (exact) mass is 864 g/mol. The molecule has 0 spiro atoms. The van der Waals surface area contributed by atoms with Crippen molar-refractivity contribution in [1.82, 2.24) is 0 Å². The summed E-state index contributed by atoms with van der Waals surface area (Å²) < 4.78 is 69.8. The summed E-state index contributed by atoms with van der Waals surface area (Å²) in [7, 11) is 0. The molecule has 0 bridgehead atoms. The first-order chi connectivity index (χ1) is 25.5. The fourth-order valence-electron chi connectivity index (χ4n) is 8.79. The standard InChI is InChI=1S/C23H20BrF3O.C22H19BrF2O/c1-3-4-9-22(2)18-8-6-14(24)11-17(18)21-15-7-5-13(23(25,26)27)10-16(15)20(28)12-19(21)22;1-3-4-7-22(2)16-6-5-12(23)8-14(16)20-15-9-13(24)10-18(25)21(15)19(26)11-17(20)22/h5-8,10-12,28H,3-4,9H2,1-2H3;5-6,8-11,26H,3-4,7H2,1-2H3. The third-order valence-corrected chi connectivity index (χ3v) is 12.5. The molecule has 54 heavy (non-hydrogen) atoms. The minimum atomic E-state index is -4.45. The predicted molar refractivity (Wildman–Crippen MR) is 214 cm³/mol. The molecule has 2 aliphatic carbocycles. The number of phenols is 2. The second kappa shape index (κ2) is 14.0. The van der Waals surface area contributed by atoms with Gasteiger partial charge in [0.2, 0.25) is 0 Å². The molecule has 0 heterocycles. The lowest BCUT2D eigenvalue weighted by atomic mass is 9.76. The molecule has 6 aromatic rings. The van der Waals surface area contributed by atoms with Gasteiger partial charge < -0.3 is 10.2 Å². The molecular formula is C45H39Br2F5O2. The highest BCUT2D eigenvalue weighted by atomic mass is 79.9. The number of rotatable bonds is 6. The number of alkyl halides is 3. The Balaban J connectivity index is 0.000000167. The summed E-state index contributed by atoms with van der Waals surface area (Å²) >= 11 is 7.04. The smallest absolute Gasteiger partial charge is 0.416 e. The van der Waals surface area contributed by atoms with E-state index in [2.05, 4.69) is 71.7 Å². The number of fused-ring (bicyclic) bond motifs is 10. The third kappa shape index (κ3) is 6.19. The van der Waals surface area contributed by atoms with Crippen molar-refractivity contribution in [2.24, 2.45) is 0 Å². The van der Waals surface area contributed by atoms with E-state index in [1.165, 1.54) is 12.1 Å². The van der Waals surface area contributed by atoms with Gasteiger partial charge in [-0.3, -0.25) is 0 Å². The van der Waals surface area contributed by atoms with Crippen molar-refractivity contribution in [1.29, 1.82) is 0 Å². The zero-order valence-electron chi connectivity index (χ0n) is 30.3. The van der Waals surface area contributed by atoms with Gasteiger partial charge in [-0.25, -0.2) is 8.78 Å². The van der Waals surface area contributed by atoms with Crippen molar-refractivity contribution in [2.45, 2.75) is 83.2 Å². The predicted octanol–water partition coefficient (Wildman–Crippen LogP) is 14.9. The van der Waals surface area contributed by atoms with E-state index in [4.69, 9.17) is 0 Å². The Morgan fingerprint density at radius 3 is 1.63 bits per heavy atom. The molecule has 280 valence electrons. The molecule has 0 fully saturated rings. The molecule has 8 rings (SSSR count). The zero-order chi connectivity index (χ0) is 38.9. The molecule has 6 aromatic carbocycles. The maximum Gasteiger partial charge on any atom is 0.416 e. The van der Waals surface area contributed by atoms with Gasteiger partial charge in [0, 0.05) is 31.2 Å². The second-order valence-electron chi connectivity index (χ2n) is 15.0. The van der Waals surface area contributed by atoms with Gasteiger partial charge in [0.15, 0.2) is 0 Å². The van der Waals surface area contributed by atoms with Crippen molar-refractivity contribution in [3.63, 3.8) is 0 Å². The van der Waals surface area contributed by atoms with Gasteiger partial charge >= 0.3 is 6.18 Å². The summed E-state index contributed by atoms with van der Waals surface area (Å²) in [5.41, 5.74) is 6.64. The number of hydrogen-bond donors (Lipinski definition) is 2. The van der Waals surface area contributed by atoms with Crippen molar-refractivity contribution in [3.05, 3.63) is 127 Å². The maximum atomic E-state index is 14.4. The Hall–Kier alpha value is -3.95. The molecule has 2 N–H and O–H groups in total. The van der Waals surface area contributed by atoms with Crippen LogP contribution < -0.4 is 0 Å². The first kappa shape index (κ1) is 38.3. The summed E-state index contributed by atoms with van der Waals surface area (Å²) in [5.74, 6) is -1.61. The highest BCUT2D eigenvalue weighted by Crippen LogP contribution is 2.57. The van der Waals surface area contributed by atoms with E-state index in [-0.39, 0.29) is 33.1 Å². The Morgan fingerprint density at radius 1 is 0.593 bits per heavy atom. The molecular weight excluding hydrogens is 827 g/mol. The van der Waals surface area contributed by atoms with Gasteiger partial charge in [0.25, 0.3) is 0 Å². The van der Waals surface area contributed by atoms with Gasteiger partial charge in [-0.05, 0) is 123 Å². The number of hydrogen-bond acceptors (Lipinski definition) is 2. The van der Waals surface area contributed by atoms with Crippen LogP contribution in [0.4, 0.5) is 22.0 Å². The highest BCUT2D eigenvalue weighted by molar-refractivity contribution is 9.10. The molecule has 0 saturated heterocycles. The lowest BCUT2D eigenvalue weighted by molar-refractivity contribution is -0.137. The summed E-state index contributed by atoms with van der Waals surface area (Å²) in [6, 6.07) is 21.3. The lowest BCUT2D eigenvalue weighted by Gasteiger charge is -2.28. The van der Waals surface area contributed by atoms with Crippen LogP contribution in [0, 0.1) is 11.6 Å². The minimum Gasteiger partial charge on any atom is -0.507 e. The summed E-state index contributed by atoms with van der Waals surface area (Å²) in [6.45, 7) is 8.60. The first-order valence-corrected chi connectivity index (χ1v) is 19.8. The average Bonchev–Trinajstić information content (AvgIpc) is 3.49. The van der Waals surface area contributed by atoms with Crippen LogP contribution in [0.15, 0.2) is 87.8 Å². The van der Waals surface area contributed by atoms with Gasteiger partial charge in [-0.15, -0.1) is 0 Å². The van der Waals surface area contributed by atoms with Gasteiger partial charge in [0.05, 0.1) is 10.9 Å². The van der Waals surface area contributed by atoms with Gasteiger partial charge in [-0.2, -0.15) is 13.2 Å². The molecule has 0 aromatic heterocycles. The van der Waals surface area contributed by atoms with Crippen LogP contribution in [0.5, 0.6) is 11.5 Å². The third-order valence-electron chi connectivity index (χ3n) is 11.5. The topological polar surface area (TPSA) is 40.5 Å². The number of halogens is 7. The second-order valence-corrected chi connectivity index (χ2v) is 16.8. The molecule has 0 amide bonds. The largest absolute Gasteiger partial charge is 0.507 e. The van der Waals surface area contributed by atoms with Crippen molar-refractivity contribution in [3.8, 4) is 33.8 Å². The van der Waals surface area contributed by atoms with Crippen molar-refractivity contribution >= 4 is 53.4 Å². The summed E-state index contributed by atoms with van der Waals surface area (Å²) in [4.78, 5) is 0. The van der Waals surface area contributed by atoms with E-state index in [9.17, 15) is 32.2 Å². The Bertz CT molecular complexity index is 2480. The van der Waals surface area contributed by atoms with E-state index in [0.717, 1.165) is 110 Å². The minimum absolute atomic E-state index is 0.0795. The number of benzene rings is 6. The van der Waals surface area contributed by atoms with Crippen LogP contribution >= 0.6 is 31.9 Å². The summed E-state index contributed by atoms with van der Waals surface area (Å²) in [5, 5.41) is 22.6. The quantitative estimate of drug-likeness (QED) is 0.164. The average molecular weight is 867 g/mol. The Kier molecular flexibility index (Phi) is 9.91. The van der Waals surface area contributed by atoms with E-state index in [1.54, 1.807) is 12.1 Å². The van der Waals surface area contributed by atoms with Crippen LogP contribution in [0.25, 0.3) is 43.8 Å². The molecule has 2 nitrogen and oxygen atoms in total. The summed E-state index contributed by atoms with van der Waals surface area (Å²) in [6.07, 6.45) is 1.53. The maximum absolute atomic E-state index is 14.4. The lowest BCUT2D eigenvalue weighted by Crippen LogP contribution is -2.20. The van der Waals surface area contributed by atoms with Crippen LogP contribution in [0.1, 0.15) is 94.0 Å². The van der Waals surface area contributed by atoms with Crippen LogP contribution in [-0.2, 0) is 17.0 Å². The molecule has 0 saturated carbocycles. The van der Waals surface area contributed by atoms with Crippen LogP contribution in [-0.4, -0.2) is 10.2 Å². The first-order valence-electron chi connectivity index (χ1n) is 18.2. The molecule has 2 aliphatic rings. The van der Waals surface area contributed by atoms with Crippen LogP contribution in [0.3, 0.4) is 0 Å². The number of phenolic OH excluding ortho intramolecular Hbond substituents is 2. The van der Waals surface area contributed by atoms with Crippen LogP contribution in [0.2, 0.25) is 0 Å². The zero-order valence-corrected chi connectivity index (χ0v) is 33.5. The molecule has 2 unspecified atom stereocenters. The highest BCUT2D eigenvalue weighted by Gasteiger charge is 2.42. The van der Waals surface area contributed by atoms with E-state index >= 15 is 0 Å². The fourth-order valence-corrected chi connectivity index (χ4v) is 9.51. The van der Waals surface area contributed by atoms with E-state index in [0.29, 0.717) is 10.8 Å². The normalized spacial score (nSPS) is 18.3. The molecule has 2 atom stereocenters. The number of unbranched alkanes of at least 4 members (excludes halogenated alkanes) is 2. The van der Waals surface area contributed by atoms with Crippen molar-refractivity contribution in [2.75, 3.05) is 0 Å².